The molecule has 2 aromatic carbocycles. The van der Waals surface area contributed by atoms with Crippen LogP contribution in [-0.4, -0.2) is 15.9 Å². The lowest BCUT2D eigenvalue weighted by Crippen LogP contribution is -2.14. The summed E-state index contributed by atoms with van der Waals surface area (Å²) in [6.07, 6.45) is 3.75. The first kappa shape index (κ1) is 17.3. The predicted octanol–water partition coefficient (Wildman–Crippen LogP) is 4.36. The normalized spacial score (nSPS) is 10.4. The van der Waals surface area contributed by atoms with Gasteiger partial charge < -0.3 is 15.6 Å². The van der Waals surface area contributed by atoms with E-state index in [-0.39, 0.29) is 12.3 Å². The molecule has 2 aromatic heterocycles. The summed E-state index contributed by atoms with van der Waals surface area (Å²) in [5.41, 5.74) is 3.95. The van der Waals surface area contributed by atoms with Crippen LogP contribution < -0.4 is 10.6 Å². The number of nitrogens with one attached hydrogen (secondary N) is 3. The van der Waals surface area contributed by atoms with Crippen molar-refractivity contribution in [1.29, 1.82) is 5.26 Å². The Kier molecular flexibility index (Phi) is 4.72. The summed E-state index contributed by atoms with van der Waals surface area (Å²) in [6, 6.07) is 20.7. The van der Waals surface area contributed by atoms with E-state index in [1.807, 2.05) is 36.5 Å². The van der Waals surface area contributed by atoms with Crippen LogP contribution in [0.25, 0.3) is 10.9 Å². The molecule has 6 nitrogen and oxygen atoms in total. The molecule has 4 aromatic rings. The summed E-state index contributed by atoms with van der Waals surface area (Å²) in [5.74, 6) is 0.527. The fourth-order valence-electron chi connectivity index (χ4n) is 3.01. The van der Waals surface area contributed by atoms with Gasteiger partial charge in [-0.2, -0.15) is 5.26 Å². The van der Waals surface area contributed by atoms with Gasteiger partial charge in [0.2, 0.25) is 5.91 Å². The number of nitriles is 1. The Morgan fingerprint density at radius 2 is 1.96 bits per heavy atom. The van der Waals surface area contributed by atoms with Gasteiger partial charge in [0.1, 0.15) is 5.82 Å². The summed E-state index contributed by atoms with van der Waals surface area (Å²) in [6.45, 7) is 0. The Morgan fingerprint density at radius 1 is 1.07 bits per heavy atom. The number of rotatable bonds is 5. The first-order chi connectivity index (χ1) is 13.7. The van der Waals surface area contributed by atoms with Gasteiger partial charge in [-0.25, -0.2) is 4.98 Å². The lowest BCUT2D eigenvalue weighted by molar-refractivity contribution is -0.115. The molecule has 0 saturated carbocycles. The van der Waals surface area contributed by atoms with Crippen LogP contribution in [0.2, 0.25) is 0 Å². The molecule has 136 valence electrons. The number of fused-ring (bicyclic) bond motifs is 1. The molecule has 0 saturated heterocycles. The molecule has 0 aliphatic carbocycles. The molecular weight excluding hydrogens is 350 g/mol. The zero-order chi connectivity index (χ0) is 19.3. The number of hydrogen-bond acceptors (Lipinski definition) is 4. The number of nitrogens with zero attached hydrogens (tertiary/aromatic N) is 2. The van der Waals surface area contributed by atoms with Gasteiger partial charge in [-0.1, -0.05) is 24.3 Å². The minimum atomic E-state index is -0.103. The van der Waals surface area contributed by atoms with Crippen LogP contribution in [0.4, 0.5) is 17.2 Å². The Balaban J connectivity index is 1.40. The van der Waals surface area contributed by atoms with Crippen molar-refractivity contribution in [3.63, 3.8) is 0 Å². The van der Waals surface area contributed by atoms with Crippen molar-refractivity contribution in [2.45, 2.75) is 6.42 Å². The average molecular weight is 367 g/mol. The number of carbonyl (C=O) groups is 1. The van der Waals surface area contributed by atoms with Crippen LogP contribution in [0.3, 0.4) is 0 Å². The maximum Gasteiger partial charge on any atom is 0.228 e. The molecule has 3 N–H and O–H groups in total. The summed E-state index contributed by atoms with van der Waals surface area (Å²) in [4.78, 5) is 19.9. The smallest absolute Gasteiger partial charge is 0.228 e. The van der Waals surface area contributed by atoms with Gasteiger partial charge in [-0.3, -0.25) is 4.79 Å². The van der Waals surface area contributed by atoms with Crippen LogP contribution in [-0.2, 0) is 11.2 Å². The summed E-state index contributed by atoms with van der Waals surface area (Å²) >= 11 is 0. The van der Waals surface area contributed by atoms with Gasteiger partial charge in [0.05, 0.1) is 29.9 Å². The van der Waals surface area contributed by atoms with Gasteiger partial charge in [-0.05, 0) is 42.0 Å². The fourth-order valence-corrected chi connectivity index (χ4v) is 3.01. The number of hydrogen-bond donors (Lipinski definition) is 3. The first-order valence-electron chi connectivity index (χ1n) is 8.79. The van der Waals surface area contributed by atoms with E-state index < -0.39 is 0 Å². The molecule has 0 bridgehead atoms. The van der Waals surface area contributed by atoms with E-state index >= 15 is 0 Å². The fraction of sp³-hybridized carbons (Fsp3) is 0.0455. The van der Waals surface area contributed by atoms with E-state index in [1.165, 1.54) is 0 Å². The van der Waals surface area contributed by atoms with Crippen LogP contribution in [0.1, 0.15) is 11.1 Å². The Labute approximate surface area is 161 Å². The number of aromatic nitrogens is 2. The van der Waals surface area contributed by atoms with E-state index in [9.17, 15) is 4.79 Å². The lowest BCUT2D eigenvalue weighted by atomic mass is 10.1. The molecule has 28 heavy (non-hydrogen) atoms. The highest BCUT2D eigenvalue weighted by Crippen LogP contribution is 2.20. The van der Waals surface area contributed by atoms with E-state index in [1.54, 1.807) is 36.5 Å². The standard InChI is InChI=1S/C22H17N5O/c23-12-15-4-3-5-17(10-15)26-21-9-8-18(14-25-21)27-22(28)11-16-13-24-20-7-2-1-6-19(16)20/h1-10,13-14,24H,11H2,(H,25,26)(H,27,28). The number of anilines is 3. The third-order valence-electron chi connectivity index (χ3n) is 4.34. The number of carbonyl (C=O) groups excluding carboxylic acids is 1. The van der Waals surface area contributed by atoms with Gasteiger partial charge >= 0.3 is 0 Å². The Hall–Kier alpha value is -4.11. The highest BCUT2D eigenvalue weighted by molar-refractivity contribution is 5.95. The van der Waals surface area contributed by atoms with E-state index in [2.05, 4.69) is 26.7 Å². The van der Waals surface area contributed by atoms with Crippen molar-refractivity contribution in [1.82, 2.24) is 9.97 Å². The average Bonchev–Trinajstić information content (AvgIpc) is 3.12. The minimum absolute atomic E-state index is 0.103. The van der Waals surface area contributed by atoms with Crippen LogP contribution in [0, 0.1) is 11.3 Å². The van der Waals surface area contributed by atoms with Crippen molar-refractivity contribution in [2.75, 3.05) is 10.6 Å². The quantitative estimate of drug-likeness (QED) is 0.488. The minimum Gasteiger partial charge on any atom is -0.361 e. The lowest BCUT2D eigenvalue weighted by Gasteiger charge is -2.08. The highest BCUT2D eigenvalue weighted by Gasteiger charge is 2.09. The largest absolute Gasteiger partial charge is 0.361 e. The first-order valence-corrected chi connectivity index (χ1v) is 8.79. The van der Waals surface area contributed by atoms with E-state index in [4.69, 9.17) is 5.26 Å². The van der Waals surface area contributed by atoms with Gasteiger partial charge in [-0.15, -0.1) is 0 Å². The van der Waals surface area contributed by atoms with E-state index in [0.717, 1.165) is 22.2 Å². The molecular formula is C22H17N5O. The summed E-state index contributed by atoms with van der Waals surface area (Å²) in [5, 5.41) is 16.0. The second-order valence-electron chi connectivity index (χ2n) is 6.33. The second-order valence-corrected chi connectivity index (χ2v) is 6.33. The maximum atomic E-state index is 12.4. The van der Waals surface area contributed by atoms with Crippen molar-refractivity contribution in [3.05, 3.63) is 84.2 Å². The SMILES string of the molecule is N#Cc1cccc(Nc2ccc(NC(=O)Cc3c[nH]c4ccccc34)cn2)c1. The second kappa shape index (κ2) is 7.64. The predicted molar refractivity (Wildman–Crippen MR) is 109 cm³/mol. The Morgan fingerprint density at radius 3 is 2.79 bits per heavy atom. The summed E-state index contributed by atoms with van der Waals surface area (Å²) < 4.78 is 0. The highest BCUT2D eigenvalue weighted by atomic mass is 16.1. The number of H-pyrrole nitrogens is 1. The van der Waals surface area contributed by atoms with Crippen LogP contribution >= 0.6 is 0 Å². The van der Waals surface area contributed by atoms with Crippen LogP contribution in [0.15, 0.2) is 73.1 Å². The molecule has 6 heteroatoms. The topological polar surface area (TPSA) is 93.6 Å². The van der Waals surface area contributed by atoms with E-state index in [0.29, 0.717) is 17.1 Å². The molecule has 2 heterocycles. The van der Waals surface area contributed by atoms with Crippen molar-refractivity contribution in [2.24, 2.45) is 0 Å². The van der Waals surface area contributed by atoms with Gasteiger partial charge in [0, 0.05) is 22.8 Å². The molecule has 0 aliphatic heterocycles. The number of amides is 1. The zero-order valence-electron chi connectivity index (χ0n) is 14.9. The number of pyridine rings is 1. The van der Waals surface area contributed by atoms with Crippen LogP contribution in [0.5, 0.6) is 0 Å². The molecule has 0 atom stereocenters. The molecule has 0 unspecified atom stereocenters. The van der Waals surface area contributed by atoms with Crippen molar-refractivity contribution >= 4 is 34.0 Å². The number of para-hydroxylation sites is 1. The molecule has 4 rings (SSSR count). The number of benzene rings is 2. The third-order valence-corrected chi connectivity index (χ3v) is 4.34. The Bertz CT molecular complexity index is 1170. The maximum absolute atomic E-state index is 12.4. The molecule has 0 spiro atoms. The molecule has 0 aliphatic rings. The molecule has 0 fully saturated rings. The molecule has 1 amide bonds. The monoisotopic (exact) mass is 367 g/mol. The zero-order valence-corrected chi connectivity index (χ0v) is 14.9. The summed E-state index contributed by atoms with van der Waals surface area (Å²) in [7, 11) is 0. The van der Waals surface area contributed by atoms with Crippen molar-refractivity contribution < 1.29 is 4.79 Å². The number of aromatic amines is 1. The van der Waals surface area contributed by atoms with Gasteiger partial charge in [0.15, 0.2) is 0 Å². The molecule has 0 radical (unpaired) electrons. The third kappa shape index (κ3) is 3.84. The van der Waals surface area contributed by atoms with Gasteiger partial charge in [0.25, 0.3) is 0 Å². The van der Waals surface area contributed by atoms with Crippen molar-refractivity contribution in [3.8, 4) is 6.07 Å².